The van der Waals surface area contributed by atoms with Crippen molar-refractivity contribution in [2.45, 2.75) is 90.4 Å². The third-order valence-corrected chi connectivity index (χ3v) is 8.24. The van der Waals surface area contributed by atoms with E-state index in [9.17, 15) is 10.1 Å². The third-order valence-electron chi connectivity index (χ3n) is 8.24. The fourth-order valence-electron chi connectivity index (χ4n) is 5.59. The predicted octanol–water partition coefficient (Wildman–Crippen LogP) is 4.85. The van der Waals surface area contributed by atoms with Crippen LogP contribution in [0.1, 0.15) is 64.9 Å². The number of hydrogen-bond acceptors (Lipinski definition) is 10. The van der Waals surface area contributed by atoms with E-state index in [1.54, 1.807) is 13.8 Å². The average Bonchev–Trinajstić information content (AvgIpc) is 3.01. The van der Waals surface area contributed by atoms with Crippen molar-refractivity contribution in [2.75, 3.05) is 43.6 Å². The van der Waals surface area contributed by atoms with Crippen LogP contribution in [0.15, 0.2) is 30.5 Å². The molecular weight excluding hydrogens is 532 g/mol. The van der Waals surface area contributed by atoms with E-state index in [-0.39, 0.29) is 12.0 Å². The molecule has 2 fully saturated rings. The first-order valence-electron chi connectivity index (χ1n) is 15.3. The molecule has 1 saturated heterocycles. The summed E-state index contributed by atoms with van der Waals surface area (Å²) in [6.07, 6.45) is 7.00. The molecule has 42 heavy (non-hydrogen) atoms. The highest BCUT2D eigenvalue weighted by atomic mass is 16.6. The van der Waals surface area contributed by atoms with Gasteiger partial charge in [-0.05, 0) is 90.0 Å². The van der Waals surface area contributed by atoms with E-state index in [1.807, 2.05) is 24.4 Å². The summed E-state index contributed by atoms with van der Waals surface area (Å²) in [4.78, 5) is 21.3. The molecule has 2 aromatic rings. The molecule has 10 heteroatoms. The van der Waals surface area contributed by atoms with Gasteiger partial charge in [0.25, 0.3) is 0 Å². The van der Waals surface area contributed by atoms with Crippen LogP contribution < -0.4 is 16.0 Å². The lowest BCUT2D eigenvalue weighted by atomic mass is 9.82. The Morgan fingerprint density at radius 2 is 1.90 bits per heavy atom. The SMILES string of the molecule is CCOC(=O)[C@H](C)OC[C@@H](C)N[C@H]1CC[C@H](Nc2cc(-c3cccc(NCC4(C#N)CCOCC4)n3)c(C)cn2)CC1. The number of nitriles is 1. The van der Waals surface area contributed by atoms with Gasteiger partial charge in [-0.2, -0.15) is 5.26 Å². The van der Waals surface area contributed by atoms with Crippen LogP contribution in [0.3, 0.4) is 0 Å². The van der Waals surface area contributed by atoms with E-state index in [4.69, 9.17) is 19.2 Å². The zero-order valence-corrected chi connectivity index (χ0v) is 25.4. The number of anilines is 2. The van der Waals surface area contributed by atoms with Crippen LogP contribution in [0.2, 0.25) is 0 Å². The van der Waals surface area contributed by atoms with Crippen LogP contribution in [0.25, 0.3) is 11.3 Å². The number of carbonyl (C=O) groups excluding carboxylic acids is 1. The minimum absolute atomic E-state index is 0.151. The number of aromatic nitrogens is 2. The van der Waals surface area contributed by atoms with Crippen molar-refractivity contribution in [3.8, 4) is 17.3 Å². The number of carbonyl (C=O) groups is 1. The van der Waals surface area contributed by atoms with Crippen LogP contribution in [-0.2, 0) is 19.0 Å². The Balaban J connectivity index is 1.28. The largest absolute Gasteiger partial charge is 0.464 e. The van der Waals surface area contributed by atoms with E-state index < -0.39 is 11.5 Å². The Labute approximate surface area is 249 Å². The van der Waals surface area contributed by atoms with E-state index in [2.05, 4.69) is 46.9 Å². The van der Waals surface area contributed by atoms with Crippen LogP contribution in [0.5, 0.6) is 0 Å². The van der Waals surface area contributed by atoms with E-state index in [0.29, 0.717) is 45.1 Å². The molecule has 0 unspecified atom stereocenters. The van der Waals surface area contributed by atoms with Gasteiger partial charge in [-0.25, -0.2) is 14.8 Å². The van der Waals surface area contributed by atoms with E-state index in [1.165, 1.54) is 0 Å². The molecule has 0 amide bonds. The summed E-state index contributed by atoms with van der Waals surface area (Å²) in [5.74, 6) is 1.30. The summed E-state index contributed by atoms with van der Waals surface area (Å²) in [7, 11) is 0. The van der Waals surface area contributed by atoms with Crippen LogP contribution >= 0.6 is 0 Å². The first-order valence-corrected chi connectivity index (χ1v) is 15.3. The third kappa shape index (κ3) is 8.87. The van der Waals surface area contributed by atoms with Gasteiger partial charge in [-0.1, -0.05) is 6.07 Å². The molecule has 1 saturated carbocycles. The maximum atomic E-state index is 11.8. The van der Waals surface area contributed by atoms with Gasteiger partial charge in [0.2, 0.25) is 0 Å². The van der Waals surface area contributed by atoms with Gasteiger partial charge < -0.3 is 30.2 Å². The summed E-state index contributed by atoms with van der Waals surface area (Å²) in [6, 6.07) is 11.5. The topological polar surface area (TPSA) is 130 Å². The highest BCUT2D eigenvalue weighted by Crippen LogP contribution is 2.31. The number of ether oxygens (including phenoxy) is 3. The molecular formula is C32H46N6O4. The summed E-state index contributed by atoms with van der Waals surface area (Å²) < 4.78 is 16.2. The summed E-state index contributed by atoms with van der Waals surface area (Å²) in [6.45, 7) is 10.3. The second-order valence-electron chi connectivity index (χ2n) is 11.6. The molecule has 2 aromatic heterocycles. The van der Waals surface area contributed by atoms with E-state index in [0.717, 1.165) is 67.0 Å². The highest BCUT2D eigenvalue weighted by Gasteiger charge is 2.32. The van der Waals surface area contributed by atoms with Crippen molar-refractivity contribution < 1.29 is 19.0 Å². The normalized spacial score (nSPS) is 21.5. The number of rotatable bonds is 13. The monoisotopic (exact) mass is 578 g/mol. The molecule has 3 N–H and O–H groups in total. The fraction of sp³-hybridized carbons (Fsp3) is 0.625. The molecule has 1 aliphatic carbocycles. The first kappa shape index (κ1) is 31.7. The van der Waals surface area contributed by atoms with E-state index >= 15 is 0 Å². The molecule has 10 nitrogen and oxygen atoms in total. The van der Waals surface area contributed by atoms with Gasteiger partial charge in [-0.3, -0.25) is 0 Å². The van der Waals surface area contributed by atoms with Gasteiger partial charge in [0.15, 0.2) is 6.10 Å². The molecule has 0 bridgehead atoms. The molecule has 1 aliphatic heterocycles. The van der Waals surface area contributed by atoms with Gasteiger partial charge in [0.05, 0.1) is 30.4 Å². The number of pyridine rings is 2. The average molecular weight is 579 g/mol. The Kier molecular flexibility index (Phi) is 11.5. The quantitative estimate of drug-likeness (QED) is 0.284. The smallest absolute Gasteiger partial charge is 0.334 e. The predicted molar refractivity (Wildman–Crippen MR) is 163 cm³/mol. The summed E-state index contributed by atoms with van der Waals surface area (Å²) in [5, 5.41) is 20.5. The standard InChI is InChI=1S/C32H46N6O4/c1-5-41-31(39)24(4)42-19-23(3)36-25-9-11-26(12-10-25)37-30-17-27(22(2)18-34-30)28-7-6-8-29(38-28)35-21-32(20-33)13-15-40-16-14-32/h6-8,17-18,23-26,36H,5,9-16,19,21H2,1-4H3,(H,34,37)(H,35,38)/t23-,24+,25-,26-/m1/s1. The summed E-state index contributed by atoms with van der Waals surface area (Å²) in [5.41, 5.74) is 2.56. The molecule has 228 valence electrons. The molecule has 0 aromatic carbocycles. The van der Waals surface area contributed by atoms with Gasteiger partial charge in [0.1, 0.15) is 11.6 Å². The lowest BCUT2D eigenvalue weighted by Gasteiger charge is -2.32. The first-order chi connectivity index (χ1) is 20.3. The minimum Gasteiger partial charge on any atom is -0.464 e. The number of nitrogens with one attached hydrogen (secondary N) is 3. The van der Waals surface area contributed by atoms with Crippen LogP contribution in [0, 0.1) is 23.7 Å². The van der Waals surface area contributed by atoms with Gasteiger partial charge in [0, 0.05) is 49.6 Å². The van der Waals surface area contributed by atoms with Gasteiger partial charge >= 0.3 is 5.97 Å². The Hall–Kier alpha value is -3.26. The zero-order chi connectivity index (χ0) is 30.0. The van der Waals surface area contributed by atoms with Crippen LogP contribution in [-0.4, -0.2) is 73.1 Å². The maximum absolute atomic E-state index is 11.8. The van der Waals surface area contributed by atoms with Crippen molar-refractivity contribution in [3.05, 3.63) is 36.0 Å². The van der Waals surface area contributed by atoms with Crippen molar-refractivity contribution >= 4 is 17.6 Å². The van der Waals surface area contributed by atoms with Crippen molar-refractivity contribution in [3.63, 3.8) is 0 Å². The van der Waals surface area contributed by atoms with Crippen molar-refractivity contribution in [1.82, 2.24) is 15.3 Å². The maximum Gasteiger partial charge on any atom is 0.334 e. The zero-order valence-electron chi connectivity index (χ0n) is 25.4. The highest BCUT2D eigenvalue weighted by molar-refractivity contribution is 5.74. The Morgan fingerprint density at radius 1 is 1.17 bits per heavy atom. The van der Waals surface area contributed by atoms with Crippen molar-refractivity contribution in [1.29, 1.82) is 5.26 Å². The number of hydrogen-bond donors (Lipinski definition) is 3. The summed E-state index contributed by atoms with van der Waals surface area (Å²) >= 11 is 0. The molecule has 4 rings (SSSR count). The second kappa shape index (κ2) is 15.3. The Bertz CT molecular complexity index is 1200. The molecule has 2 atom stereocenters. The minimum atomic E-state index is -0.553. The lowest BCUT2D eigenvalue weighted by Crippen LogP contribution is -2.43. The lowest BCUT2D eigenvalue weighted by molar-refractivity contribution is -0.155. The number of esters is 1. The Morgan fingerprint density at radius 3 is 2.62 bits per heavy atom. The molecule has 0 radical (unpaired) electrons. The number of aryl methyl sites for hydroxylation is 1. The molecule has 3 heterocycles. The van der Waals surface area contributed by atoms with Gasteiger partial charge in [-0.15, -0.1) is 0 Å². The van der Waals surface area contributed by atoms with Crippen LogP contribution in [0.4, 0.5) is 11.6 Å². The molecule has 2 aliphatic rings. The van der Waals surface area contributed by atoms with Crippen molar-refractivity contribution in [2.24, 2.45) is 5.41 Å². The fourth-order valence-corrected chi connectivity index (χ4v) is 5.59. The second-order valence-corrected chi connectivity index (χ2v) is 11.6. The molecule has 0 spiro atoms. The number of nitrogens with zero attached hydrogens (tertiary/aromatic N) is 3.